The van der Waals surface area contributed by atoms with Crippen molar-refractivity contribution in [2.45, 2.75) is 30.0 Å². The molecule has 3 aliphatic rings. The minimum atomic E-state index is -0.985. The number of hydrogen-bond acceptors (Lipinski definition) is 3. The maximum atomic E-state index is 15.9. The Kier molecular flexibility index (Phi) is 6.52. The number of rotatable bonds is 5. The van der Waals surface area contributed by atoms with Gasteiger partial charge in [0.25, 0.3) is 0 Å². The van der Waals surface area contributed by atoms with Gasteiger partial charge in [-0.25, -0.2) is 10.0 Å². The number of Topliss-reactive ketones (excluding diaryl/α,β-unsaturated/α-hetero) is 1. The van der Waals surface area contributed by atoms with Gasteiger partial charge in [-0.05, 0) is 57.5 Å². The van der Waals surface area contributed by atoms with E-state index in [0.29, 0.717) is 0 Å². The monoisotopic (exact) mass is 622 g/mol. The van der Waals surface area contributed by atoms with Crippen LogP contribution in [0.1, 0.15) is 46.2 Å². The van der Waals surface area contributed by atoms with Crippen LogP contribution in [0.5, 0.6) is 0 Å². The highest BCUT2D eigenvalue weighted by Gasteiger charge is 2.68. The Labute approximate surface area is 261 Å². The summed E-state index contributed by atoms with van der Waals surface area (Å²) in [6, 6.07) is 50.8. The van der Waals surface area contributed by atoms with Crippen molar-refractivity contribution in [3.63, 3.8) is 0 Å². The number of carbonyl (C=O) groups excluding carboxylic acids is 1. The molecule has 0 bridgehead atoms. The van der Waals surface area contributed by atoms with Crippen molar-refractivity contribution in [1.82, 2.24) is 10.0 Å². The smallest absolute Gasteiger partial charge is 0.172 e. The van der Waals surface area contributed by atoms with Crippen LogP contribution < -0.4 is 0 Å². The number of halogens is 1. The molecular formula is C39H31BrN2O. The second-order valence-electron chi connectivity index (χ2n) is 11.7. The van der Waals surface area contributed by atoms with E-state index < -0.39 is 5.54 Å². The first-order valence-electron chi connectivity index (χ1n) is 15.0. The molecule has 0 aromatic heterocycles. The van der Waals surface area contributed by atoms with E-state index in [2.05, 4.69) is 159 Å². The first-order chi connectivity index (χ1) is 21.2. The van der Waals surface area contributed by atoms with E-state index in [-0.39, 0.29) is 23.8 Å². The molecule has 0 spiro atoms. The predicted octanol–water partition coefficient (Wildman–Crippen LogP) is 8.67. The maximum absolute atomic E-state index is 15.9. The number of hydrogen-bond donors (Lipinski definition) is 0. The van der Waals surface area contributed by atoms with Gasteiger partial charge in [-0.3, -0.25) is 4.79 Å². The number of nitrogens with zero attached hydrogens (tertiary/aromatic N) is 2. The fraction of sp³-hybridized carbons (Fsp3) is 0.154. The van der Waals surface area contributed by atoms with Crippen LogP contribution in [0.25, 0.3) is 11.1 Å². The zero-order chi connectivity index (χ0) is 29.0. The van der Waals surface area contributed by atoms with Crippen molar-refractivity contribution in [3.05, 3.63) is 178 Å². The summed E-state index contributed by atoms with van der Waals surface area (Å²) in [5.41, 5.74) is 6.90. The van der Waals surface area contributed by atoms with E-state index in [0.717, 1.165) is 45.3 Å². The second-order valence-corrected chi connectivity index (χ2v) is 12.6. The molecular weight excluding hydrogens is 592 g/mol. The summed E-state index contributed by atoms with van der Waals surface area (Å²) < 4.78 is 1.04. The molecule has 5 aromatic carbocycles. The Morgan fingerprint density at radius 3 is 1.81 bits per heavy atom. The van der Waals surface area contributed by atoms with E-state index in [9.17, 15) is 0 Å². The standard InChI is InChI=1S/C39H31BrN2O/c40-32-23-21-30(22-24-32)37-35(28-15-7-2-8-16-28)38(43)39(31-19-11-4-12-20-31)36(29-17-9-3-10-18-29)34(27-13-5-1-6-14-27)33-25-26-41(37)42(33)39/h1-24,33,35,37H,25-26H2/t33-,35-,37-,39-/m0/s1. The molecule has 3 heterocycles. The van der Waals surface area contributed by atoms with Gasteiger partial charge in [-0.2, -0.15) is 0 Å². The van der Waals surface area contributed by atoms with Gasteiger partial charge in [-0.15, -0.1) is 0 Å². The van der Waals surface area contributed by atoms with Gasteiger partial charge in [0.2, 0.25) is 0 Å². The SMILES string of the molecule is O=C1[C@@H](c2ccccc2)[C@H](c2ccc(Br)cc2)N2CC[C@H]3C(c4ccccc4)=C(c4ccccc4)[C@]1(c1ccccc1)N32. The Morgan fingerprint density at radius 2 is 1.19 bits per heavy atom. The van der Waals surface area contributed by atoms with Gasteiger partial charge in [0.15, 0.2) is 5.78 Å². The van der Waals surface area contributed by atoms with Crippen LogP contribution in [0.15, 0.2) is 150 Å². The van der Waals surface area contributed by atoms with Crippen molar-refractivity contribution in [2.75, 3.05) is 6.54 Å². The number of benzene rings is 5. The molecule has 8 rings (SSSR count). The van der Waals surface area contributed by atoms with Crippen LogP contribution in [0.3, 0.4) is 0 Å². The van der Waals surface area contributed by atoms with Crippen LogP contribution in [-0.2, 0) is 10.3 Å². The summed E-state index contributed by atoms with van der Waals surface area (Å²) >= 11 is 3.64. The van der Waals surface area contributed by atoms with E-state index in [4.69, 9.17) is 0 Å². The predicted molar refractivity (Wildman–Crippen MR) is 176 cm³/mol. The molecule has 4 heteroatoms. The van der Waals surface area contributed by atoms with Crippen LogP contribution in [0.2, 0.25) is 0 Å². The fourth-order valence-electron chi connectivity index (χ4n) is 7.92. The average Bonchev–Trinajstić information content (AvgIpc) is 3.64. The molecule has 4 atom stereocenters. The molecule has 5 aromatic rings. The largest absolute Gasteiger partial charge is 0.296 e. The van der Waals surface area contributed by atoms with Gasteiger partial charge in [0.05, 0.1) is 18.0 Å². The van der Waals surface area contributed by atoms with Crippen LogP contribution in [0.4, 0.5) is 0 Å². The molecule has 0 saturated carbocycles. The lowest BCUT2D eigenvalue weighted by Crippen LogP contribution is -2.64. The summed E-state index contributed by atoms with van der Waals surface area (Å²) in [6.07, 6.45) is 0.941. The van der Waals surface area contributed by atoms with Gasteiger partial charge >= 0.3 is 0 Å². The fourth-order valence-corrected chi connectivity index (χ4v) is 8.19. The Morgan fingerprint density at radius 1 is 0.628 bits per heavy atom. The van der Waals surface area contributed by atoms with Gasteiger partial charge < -0.3 is 0 Å². The third kappa shape index (κ3) is 3.97. The first kappa shape index (κ1) is 26.5. The molecule has 2 saturated heterocycles. The Bertz CT molecular complexity index is 1810. The average molecular weight is 624 g/mol. The van der Waals surface area contributed by atoms with E-state index in [1.165, 1.54) is 11.1 Å². The topological polar surface area (TPSA) is 23.6 Å². The third-order valence-electron chi connectivity index (χ3n) is 9.50. The highest BCUT2D eigenvalue weighted by molar-refractivity contribution is 9.10. The molecule has 3 nitrogen and oxygen atoms in total. The number of carbonyl (C=O) groups is 1. The van der Waals surface area contributed by atoms with Gasteiger partial charge in [0, 0.05) is 11.0 Å². The lowest BCUT2D eigenvalue weighted by atomic mass is 9.67. The first-order valence-corrected chi connectivity index (χ1v) is 15.8. The molecule has 0 radical (unpaired) electrons. The maximum Gasteiger partial charge on any atom is 0.172 e. The summed E-state index contributed by atoms with van der Waals surface area (Å²) in [5, 5.41) is 5.03. The lowest BCUT2D eigenvalue weighted by Gasteiger charge is -2.54. The summed E-state index contributed by atoms with van der Waals surface area (Å²) in [6.45, 7) is 0.870. The number of hydrazine groups is 1. The highest BCUT2D eigenvalue weighted by Crippen LogP contribution is 2.64. The summed E-state index contributed by atoms with van der Waals surface area (Å²) in [5.74, 6) is -0.142. The quantitative estimate of drug-likeness (QED) is 0.196. The van der Waals surface area contributed by atoms with Gasteiger partial charge in [-0.1, -0.05) is 149 Å². The Balaban J connectivity index is 1.48. The zero-order valence-electron chi connectivity index (χ0n) is 23.7. The molecule has 43 heavy (non-hydrogen) atoms. The van der Waals surface area contributed by atoms with E-state index in [1.807, 2.05) is 12.1 Å². The molecule has 3 aliphatic heterocycles. The Hall–Kier alpha value is -4.09. The van der Waals surface area contributed by atoms with Crippen molar-refractivity contribution in [3.8, 4) is 0 Å². The second kappa shape index (κ2) is 10.6. The zero-order valence-corrected chi connectivity index (χ0v) is 25.3. The van der Waals surface area contributed by atoms with Crippen molar-refractivity contribution in [2.24, 2.45) is 0 Å². The minimum absolute atomic E-state index is 0.0661. The summed E-state index contributed by atoms with van der Waals surface area (Å²) in [7, 11) is 0. The highest BCUT2D eigenvalue weighted by atomic mass is 79.9. The van der Waals surface area contributed by atoms with Crippen molar-refractivity contribution >= 4 is 32.9 Å². The number of ketones is 1. The summed E-state index contributed by atoms with van der Waals surface area (Å²) in [4.78, 5) is 15.9. The van der Waals surface area contributed by atoms with Crippen molar-refractivity contribution < 1.29 is 4.79 Å². The van der Waals surface area contributed by atoms with Crippen molar-refractivity contribution in [1.29, 1.82) is 0 Å². The van der Waals surface area contributed by atoms with Crippen LogP contribution in [-0.4, -0.2) is 28.4 Å². The van der Waals surface area contributed by atoms with E-state index in [1.54, 1.807) is 0 Å². The molecule has 2 fully saturated rings. The van der Waals surface area contributed by atoms with Crippen LogP contribution >= 0.6 is 15.9 Å². The molecule has 0 N–H and O–H groups in total. The third-order valence-corrected chi connectivity index (χ3v) is 10.0. The molecule has 0 aliphatic carbocycles. The van der Waals surface area contributed by atoms with Gasteiger partial charge in [0.1, 0.15) is 5.54 Å². The normalized spacial score (nSPS) is 25.2. The molecule has 0 unspecified atom stereocenters. The molecule has 0 amide bonds. The molecule has 210 valence electrons. The minimum Gasteiger partial charge on any atom is -0.296 e. The van der Waals surface area contributed by atoms with Crippen LogP contribution in [0, 0.1) is 0 Å². The lowest BCUT2D eigenvalue weighted by molar-refractivity contribution is -0.165. The van der Waals surface area contributed by atoms with E-state index >= 15 is 4.79 Å².